The van der Waals surface area contributed by atoms with Crippen LogP contribution in [0.3, 0.4) is 0 Å². The SMILES string of the molecule is I/C(=C\c1cccc[nH+]1)c1ccccc1. The third kappa shape index (κ3) is 2.89. The molecule has 2 heteroatoms. The van der Waals surface area contributed by atoms with Gasteiger partial charge in [-0.2, -0.15) is 0 Å². The summed E-state index contributed by atoms with van der Waals surface area (Å²) in [5.41, 5.74) is 2.36. The lowest BCUT2D eigenvalue weighted by molar-refractivity contribution is -0.380. The average molecular weight is 308 g/mol. The lowest BCUT2D eigenvalue weighted by atomic mass is 10.2. The van der Waals surface area contributed by atoms with E-state index < -0.39 is 0 Å². The first kappa shape index (κ1) is 10.4. The number of pyridine rings is 1. The summed E-state index contributed by atoms with van der Waals surface area (Å²) in [6.07, 6.45) is 4.07. The Balaban J connectivity index is 2.29. The number of hydrogen-bond acceptors (Lipinski definition) is 0. The Labute approximate surface area is 103 Å². The van der Waals surface area contributed by atoms with Crippen LogP contribution in [0, 0.1) is 0 Å². The van der Waals surface area contributed by atoms with Crippen LogP contribution in [0.5, 0.6) is 0 Å². The van der Waals surface area contributed by atoms with E-state index in [4.69, 9.17) is 0 Å². The predicted molar refractivity (Wildman–Crippen MR) is 71.3 cm³/mol. The fourth-order valence-corrected chi connectivity index (χ4v) is 2.01. The van der Waals surface area contributed by atoms with Crippen LogP contribution in [0.2, 0.25) is 0 Å². The van der Waals surface area contributed by atoms with E-state index in [-0.39, 0.29) is 0 Å². The molecule has 0 amide bonds. The third-order valence-corrected chi connectivity index (χ3v) is 3.00. The summed E-state index contributed by atoms with van der Waals surface area (Å²) < 4.78 is 1.23. The van der Waals surface area contributed by atoms with Crippen molar-refractivity contribution < 1.29 is 4.98 Å². The number of H-pyrrole nitrogens is 1. The summed E-state index contributed by atoms with van der Waals surface area (Å²) in [6, 6.07) is 16.4. The van der Waals surface area contributed by atoms with Crippen LogP contribution < -0.4 is 4.98 Å². The summed E-state index contributed by atoms with van der Waals surface area (Å²) in [6.45, 7) is 0. The predicted octanol–water partition coefficient (Wildman–Crippen LogP) is 3.43. The molecule has 1 nitrogen and oxygen atoms in total. The first-order valence-electron chi connectivity index (χ1n) is 4.75. The molecule has 0 aliphatic rings. The second kappa shape index (κ2) is 5.07. The van der Waals surface area contributed by atoms with Gasteiger partial charge in [0.25, 0.3) is 0 Å². The highest BCUT2D eigenvalue weighted by Gasteiger charge is 1.99. The van der Waals surface area contributed by atoms with Gasteiger partial charge in [-0.05, 0) is 34.2 Å². The molecule has 1 aromatic heterocycles. The normalized spacial score (nSPS) is 11.4. The van der Waals surface area contributed by atoms with Crippen molar-refractivity contribution >= 4 is 32.2 Å². The number of halogens is 1. The van der Waals surface area contributed by atoms with E-state index in [1.165, 1.54) is 9.14 Å². The number of aromatic nitrogens is 1. The average Bonchev–Trinajstić information content (AvgIpc) is 2.31. The minimum absolute atomic E-state index is 1.12. The molecule has 0 unspecified atom stereocenters. The molecule has 2 aromatic rings. The van der Waals surface area contributed by atoms with E-state index in [2.05, 4.69) is 64.0 Å². The van der Waals surface area contributed by atoms with Crippen LogP contribution in [-0.2, 0) is 0 Å². The molecule has 1 aromatic carbocycles. The quantitative estimate of drug-likeness (QED) is 0.755. The molecule has 0 radical (unpaired) electrons. The number of rotatable bonds is 2. The molecule has 15 heavy (non-hydrogen) atoms. The highest BCUT2D eigenvalue weighted by molar-refractivity contribution is 14.1. The molecule has 74 valence electrons. The minimum Gasteiger partial charge on any atom is -0.212 e. The van der Waals surface area contributed by atoms with E-state index in [9.17, 15) is 0 Å². The molecule has 0 aliphatic carbocycles. The van der Waals surface area contributed by atoms with Gasteiger partial charge < -0.3 is 0 Å². The molecule has 0 fully saturated rings. The van der Waals surface area contributed by atoms with Crippen LogP contribution >= 0.6 is 22.6 Å². The van der Waals surface area contributed by atoms with Crippen LogP contribution in [0.25, 0.3) is 9.66 Å². The maximum atomic E-state index is 3.19. The topological polar surface area (TPSA) is 14.1 Å². The van der Waals surface area contributed by atoms with E-state index in [1.54, 1.807) is 0 Å². The Kier molecular flexibility index (Phi) is 3.50. The highest BCUT2D eigenvalue weighted by atomic mass is 127. The van der Waals surface area contributed by atoms with Gasteiger partial charge in [-0.1, -0.05) is 30.3 Å². The first-order chi connectivity index (χ1) is 7.36. The summed E-state index contributed by atoms with van der Waals surface area (Å²) in [7, 11) is 0. The van der Waals surface area contributed by atoms with Crippen molar-refractivity contribution in [1.29, 1.82) is 0 Å². The number of benzene rings is 1. The molecular weight excluding hydrogens is 297 g/mol. The van der Waals surface area contributed by atoms with Crippen molar-refractivity contribution in [3.05, 3.63) is 66.0 Å². The maximum absolute atomic E-state index is 3.19. The molecule has 0 bridgehead atoms. The minimum atomic E-state index is 1.12. The van der Waals surface area contributed by atoms with Crippen LogP contribution in [-0.4, -0.2) is 0 Å². The van der Waals surface area contributed by atoms with Gasteiger partial charge in [0.15, 0.2) is 6.20 Å². The zero-order valence-corrected chi connectivity index (χ0v) is 10.3. The zero-order valence-electron chi connectivity index (χ0n) is 8.15. The fourth-order valence-electron chi connectivity index (χ4n) is 1.31. The summed E-state index contributed by atoms with van der Waals surface area (Å²) in [4.78, 5) is 3.19. The Hall–Kier alpha value is -1.16. The van der Waals surface area contributed by atoms with Gasteiger partial charge in [0.2, 0.25) is 5.69 Å². The monoisotopic (exact) mass is 308 g/mol. The third-order valence-electron chi connectivity index (χ3n) is 2.06. The van der Waals surface area contributed by atoms with Gasteiger partial charge in [0, 0.05) is 21.8 Å². The largest absolute Gasteiger partial charge is 0.212 e. The van der Waals surface area contributed by atoms with E-state index >= 15 is 0 Å². The molecule has 1 N–H and O–H groups in total. The van der Waals surface area contributed by atoms with E-state index in [1.807, 2.05) is 24.4 Å². The summed E-state index contributed by atoms with van der Waals surface area (Å²) in [5, 5.41) is 0. The Morgan fingerprint density at radius 1 is 1.00 bits per heavy atom. The molecule has 0 saturated carbocycles. The Bertz CT molecular complexity index is 448. The molecule has 0 atom stereocenters. The number of hydrogen-bond donors (Lipinski definition) is 0. The molecule has 0 spiro atoms. The van der Waals surface area contributed by atoms with Crippen LogP contribution in [0.4, 0.5) is 0 Å². The van der Waals surface area contributed by atoms with Gasteiger partial charge in [-0.25, -0.2) is 4.98 Å². The van der Waals surface area contributed by atoms with Crippen molar-refractivity contribution in [1.82, 2.24) is 0 Å². The number of aromatic amines is 1. The van der Waals surface area contributed by atoms with Crippen molar-refractivity contribution in [3.63, 3.8) is 0 Å². The zero-order chi connectivity index (χ0) is 10.5. The van der Waals surface area contributed by atoms with Crippen molar-refractivity contribution in [2.45, 2.75) is 0 Å². The molecule has 1 heterocycles. The van der Waals surface area contributed by atoms with Gasteiger partial charge in [-0.15, -0.1) is 0 Å². The van der Waals surface area contributed by atoms with E-state index in [0.717, 1.165) is 5.69 Å². The lowest BCUT2D eigenvalue weighted by Gasteiger charge is -1.96. The molecule has 0 aliphatic heterocycles. The second-order valence-electron chi connectivity index (χ2n) is 3.18. The molecular formula is C13H11IN+. The van der Waals surface area contributed by atoms with Crippen molar-refractivity contribution in [3.8, 4) is 0 Å². The van der Waals surface area contributed by atoms with Crippen LogP contribution in [0.15, 0.2) is 54.7 Å². The van der Waals surface area contributed by atoms with Gasteiger partial charge in [-0.3, -0.25) is 0 Å². The van der Waals surface area contributed by atoms with Crippen molar-refractivity contribution in [2.24, 2.45) is 0 Å². The van der Waals surface area contributed by atoms with Crippen molar-refractivity contribution in [2.75, 3.05) is 0 Å². The van der Waals surface area contributed by atoms with Gasteiger partial charge in [0.1, 0.15) is 0 Å². The summed E-state index contributed by atoms with van der Waals surface area (Å²) >= 11 is 2.35. The molecule has 2 rings (SSSR count). The van der Waals surface area contributed by atoms with Gasteiger partial charge >= 0.3 is 0 Å². The smallest absolute Gasteiger partial charge is 0.204 e. The van der Waals surface area contributed by atoms with Gasteiger partial charge in [0.05, 0.1) is 0 Å². The summed E-state index contributed by atoms with van der Waals surface area (Å²) in [5.74, 6) is 0. The Morgan fingerprint density at radius 2 is 1.73 bits per heavy atom. The lowest BCUT2D eigenvalue weighted by Crippen LogP contribution is -2.04. The maximum Gasteiger partial charge on any atom is 0.204 e. The highest BCUT2D eigenvalue weighted by Crippen LogP contribution is 2.22. The Morgan fingerprint density at radius 3 is 2.40 bits per heavy atom. The van der Waals surface area contributed by atoms with Crippen LogP contribution in [0.1, 0.15) is 11.3 Å². The molecule has 0 saturated heterocycles. The van der Waals surface area contributed by atoms with E-state index in [0.29, 0.717) is 0 Å². The fraction of sp³-hybridized carbons (Fsp3) is 0. The first-order valence-corrected chi connectivity index (χ1v) is 5.83. The number of nitrogens with one attached hydrogen (secondary N) is 1. The second-order valence-corrected chi connectivity index (χ2v) is 4.34. The standard InChI is InChI=1S/C13H10IN/c14-13(11-6-2-1-3-7-11)10-12-8-4-5-9-15-12/h1-10H/p+1/b13-10-.